The van der Waals surface area contributed by atoms with Gasteiger partial charge >= 0.3 is 118 Å². The van der Waals surface area contributed by atoms with Crippen LogP contribution in [0.2, 0.25) is 0 Å². The maximum absolute atomic E-state index is 10.9. The van der Waals surface area contributed by atoms with Crippen molar-refractivity contribution in [1.82, 2.24) is 7.75 Å². The van der Waals surface area contributed by atoms with Crippen LogP contribution in [0.15, 0.2) is 0 Å². The summed E-state index contributed by atoms with van der Waals surface area (Å²) in [4.78, 5) is 21.7. The van der Waals surface area contributed by atoms with Crippen LogP contribution in [-0.4, -0.2) is 25.4 Å². The van der Waals surface area contributed by atoms with Gasteiger partial charge in [-0.2, -0.15) is 0 Å². The Bertz CT molecular complexity index is 201. The molecular weight excluding hydrogens is 420 g/mol. The Labute approximate surface area is 117 Å². The second kappa shape index (κ2) is 12.1. The Morgan fingerprint density at radius 2 is 1.38 bits per heavy atom. The van der Waals surface area contributed by atoms with E-state index >= 15 is 0 Å². The Hall–Kier alpha value is 0.617. The summed E-state index contributed by atoms with van der Waals surface area (Å²) in [5, 5.41) is 0. The molecule has 16 heavy (non-hydrogen) atoms. The molecule has 0 aromatic rings. The van der Waals surface area contributed by atoms with E-state index in [2.05, 4.69) is 7.75 Å². The molecule has 2 amide bonds. The van der Waals surface area contributed by atoms with E-state index in [-0.39, 0.29) is 12.2 Å². The number of hydrogen-bond acceptors (Lipinski definition) is 6. The summed E-state index contributed by atoms with van der Waals surface area (Å²) in [6, 6.07) is 0. The van der Waals surface area contributed by atoms with Gasteiger partial charge < -0.3 is 0 Å². The Morgan fingerprint density at radius 1 is 1.00 bits per heavy atom. The number of ether oxygens (including phenoxy) is 2. The fraction of sp³-hybridized carbons (Fsp3) is 0.667. The van der Waals surface area contributed by atoms with Crippen molar-refractivity contribution in [2.45, 2.75) is 13.8 Å². The van der Waals surface area contributed by atoms with Gasteiger partial charge in [0.15, 0.2) is 0 Å². The van der Waals surface area contributed by atoms with Gasteiger partial charge in [-0.25, -0.2) is 0 Å². The molecule has 0 spiro atoms. The fourth-order valence-corrected chi connectivity index (χ4v) is 12.4. The molecule has 0 aromatic carbocycles. The minimum absolute atomic E-state index is 0.364. The van der Waals surface area contributed by atoms with E-state index < -0.39 is 35.1 Å². The molecule has 0 rings (SSSR count). The second-order valence-electron chi connectivity index (χ2n) is 1.95. The van der Waals surface area contributed by atoms with Crippen LogP contribution in [0.25, 0.3) is 0 Å². The number of carbonyl (C=O) groups excluding carboxylic acids is 2. The summed E-state index contributed by atoms with van der Waals surface area (Å²) < 4.78 is 14.8. The van der Waals surface area contributed by atoms with Crippen molar-refractivity contribution in [3.05, 3.63) is 0 Å². The van der Waals surface area contributed by atoms with Crippen molar-refractivity contribution in [1.29, 1.82) is 0 Å². The maximum atomic E-state index is 10.9. The molecule has 0 saturated heterocycles. The van der Waals surface area contributed by atoms with Gasteiger partial charge in [0.05, 0.1) is 0 Å². The fourth-order valence-electron chi connectivity index (χ4n) is 0.451. The topological polar surface area (TPSA) is 76.7 Å². The van der Waals surface area contributed by atoms with Crippen LogP contribution in [0.3, 0.4) is 0 Å². The van der Waals surface area contributed by atoms with Crippen LogP contribution in [0, 0.1) is 0 Å². The first-order valence-electron chi connectivity index (χ1n) is 4.22. The summed E-state index contributed by atoms with van der Waals surface area (Å²) in [6.07, 6.45) is -0.728. The van der Waals surface area contributed by atoms with Gasteiger partial charge in [-0.15, -0.1) is 0 Å². The van der Waals surface area contributed by atoms with Crippen molar-refractivity contribution in [3.63, 3.8) is 0 Å². The van der Waals surface area contributed by atoms with Crippen LogP contribution in [-0.2, 0) is 44.5 Å². The molecule has 0 aromatic heterocycles. The van der Waals surface area contributed by atoms with Crippen molar-refractivity contribution < 1.29 is 54.1 Å². The molecule has 0 fully saturated rings. The van der Waals surface area contributed by atoms with Gasteiger partial charge in [0.2, 0.25) is 0 Å². The molecular formula is C6H12Mo2N2O4S2. The molecule has 2 N–H and O–H groups in total. The van der Waals surface area contributed by atoms with Gasteiger partial charge in [0.1, 0.15) is 0 Å². The summed E-state index contributed by atoms with van der Waals surface area (Å²) in [6.45, 7) is 4.29. The van der Waals surface area contributed by atoms with E-state index in [1.54, 1.807) is 30.8 Å². The first-order chi connectivity index (χ1) is 7.70. The van der Waals surface area contributed by atoms with Crippen molar-refractivity contribution in [3.8, 4) is 0 Å². The summed E-state index contributed by atoms with van der Waals surface area (Å²) in [7, 11) is 3.18. The van der Waals surface area contributed by atoms with Crippen LogP contribution in [0.5, 0.6) is 0 Å². The third kappa shape index (κ3) is 11.1. The normalized spacial score (nSPS) is 9.38. The van der Waals surface area contributed by atoms with Crippen molar-refractivity contribution in [2.24, 2.45) is 0 Å². The Balaban J connectivity index is 3.21. The molecule has 0 radical (unpaired) electrons. The van der Waals surface area contributed by atoms with E-state index in [9.17, 15) is 9.59 Å². The Kier molecular flexibility index (Phi) is 12.5. The molecule has 0 bridgehead atoms. The zero-order valence-electron chi connectivity index (χ0n) is 8.68. The van der Waals surface area contributed by atoms with Gasteiger partial charge in [0.25, 0.3) is 0 Å². The number of amides is 2. The molecule has 94 valence electrons. The van der Waals surface area contributed by atoms with E-state index in [0.717, 1.165) is 0 Å². The average Bonchev–Trinajstić information content (AvgIpc) is 2.24. The number of carbonyl (C=O) groups is 2. The second-order valence-corrected chi connectivity index (χ2v) is 12.9. The standard InChI is InChI=1S/2C3H7NO2.2Mo.S2/c2*1-2-6-3(4)5;;;1-2/h2*2H2,1H3,(H2,4,5);;;/q;;2*+2;-2/p-2. The third-order valence-electron chi connectivity index (χ3n) is 0.897. The predicted octanol–water partition coefficient (Wildman–Crippen LogP) is 1.69. The van der Waals surface area contributed by atoms with E-state index in [1.807, 2.05) is 0 Å². The molecule has 10 heteroatoms. The number of rotatable bonds is 7. The SMILES string of the molecule is CCOC(=O)[NH][Mo][S][S][Mo][NH]C(=O)OCC. The zero-order chi connectivity index (χ0) is 12.2. The molecule has 0 unspecified atom stereocenters. The monoisotopic (exact) mass is 436 g/mol. The van der Waals surface area contributed by atoms with E-state index in [4.69, 9.17) is 9.47 Å². The molecule has 0 atom stereocenters. The first kappa shape index (κ1) is 16.6. The third-order valence-corrected chi connectivity index (χ3v) is 15.4. The average molecular weight is 432 g/mol. The van der Waals surface area contributed by atoms with Crippen LogP contribution < -0.4 is 7.75 Å². The molecule has 0 aliphatic carbocycles. The van der Waals surface area contributed by atoms with Crippen molar-refractivity contribution >= 4 is 29.2 Å². The summed E-state index contributed by atoms with van der Waals surface area (Å²) in [5.74, 6) is 0. The molecule has 0 heterocycles. The van der Waals surface area contributed by atoms with Gasteiger partial charge in [-0.05, 0) is 0 Å². The quantitative estimate of drug-likeness (QED) is 0.363. The van der Waals surface area contributed by atoms with E-state index in [1.165, 1.54) is 0 Å². The van der Waals surface area contributed by atoms with Crippen LogP contribution in [0.1, 0.15) is 13.8 Å². The van der Waals surface area contributed by atoms with Crippen molar-refractivity contribution in [2.75, 3.05) is 13.2 Å². The van der Waals surface area contributed by atoms with Crippen LogP contribution >= 0.6 is 17.0 Å². The minimum atomic E-state index is -0.642. The molecule has 0 saturated carbocycles. The molecule has 6 nitrogen and oxygen atoms in total. The molecule has 0 aliphatic rings. The Morgan fingerprint density at radius 3 is 1.69 bits per heavy atom. The predicted molar refractivity (Wildman–Crippen MR) is 55.5 cm³/mol. The zero-order valence-corrected chi connectivity index (χ0v) is 14.3. The summed E-state index contributed by atoms with van der Waals surface area (Å²) in [5.41, 5.74) is 0. The first-order valence-corrected chi connectivity index (χ1v) is 13.1. The molecule has 0 aliphatic heterocycles. The summed E-state index contributed by atoms with van der Waals surface area (Å²) >= 11 is -1.28. The number of nitrogens with one attached hydrogen (secondary N) is 2. The van der Waals surface area contributed by atoms with Gasteiger partial charge in [0, 0.05) is 0 Å². The van der Waals surface area contributed by atoms with Gasteiger partial charge in [-0.3, -0.25) is 0 Å². The van der Waals surface area contributed by atoms with Gasteiger partial charge in [-0.1, -0.05) is 0 Å². The number of hydrogen-bond donors (Lipinski definition) is 2. The van der Waals surface area contributed by atoms with Crippen LogP contribution in [0.4, 0.5) is 9.59 Å². The van der Waals surface area contributed by atoms with E-state index in [0.29, 0.717) is 13.2 Å².